The molecule has 1 N–H and O–H groups in total. The zero-order chi connectivity index (χ0) is 20.1. The first-order chi connectivity index (χ1) is 13.6. The summed E-state index contributed by atoms with van der Waals surface area (Å²) in [6.45, 7) is 2.57. The molecule has 0 amide bonds. The minimum Gasteiger partial charge on any atom is -0.494 e. The number of benzene rings is 2. The summed E-state index contributed by atoms with van der Waals surface area (Å²) < 4.78 is 21.4. The third-order valence-corrected chi connectivity index (χ3v) is 4.35. The SMILES string of the molecule is CCOc1ccc(-c2c[nH]c(C(=O)c3cc(OC)c(OC)c(OC)c3)c2)cc1. The Kier molecular flexibility index (Phi) is 5.89. The van der Waals surface area contributed by atoms with Crippen LogP contribution in [0.1, 0.15) is 23.0 Å². The molecule has 0 saturated heterocycles. The number of carbonyl (C=O) groups excluding carboxylic acids is 1. The van der Waals surface area contributed by atoms with E-state index in [0.717, 1.165) is 16.9 Å². The highest BCUT2D eigenvalue weighted by Crippen LogP contribution is 2.38. The fourth-order valence-electron chi connectivity index (χ4n) is 2.97. The van der Waals surface area contributed by atoms with Gasteiger partial charge in [0.15, 0.2) is 11.5 Å². The Morgan fingerprint density at radius 2 is 1.54 bits per heavy atom. The van der Waals surface area contributed by atoms with Gasteiger partial charge in [-0.25, -0.2) is 0 Å². The van der Waals surface area contributed by atoms with Crippen molar-refractivity contribution >= 4 is 5.78 Å². The van der Waals surface area contributed by atoms with Crippen LogP contribution >= 0.6 is 0 Å². The van der Waals surface area contributed by atoms with Gasteiger partial charge in [-0.15, -0.1) is 0 Å². The zero-order valence-corrected chi connectivity index (χ0v) is 16.4. The number of hydrogen-bond acceptors (Lipinski definition) is 5. The van der Waals surface area contributed by atoms with E-state index in [1.807, 2.05) is 37.3 Å². The second-order valence-electron chi connectivity index (χ2n) is 6.00. The first-order valence-electron chi connectivity index (χ1n) is 8.87. The lowest BCUT2D eigenvalue weighted by atomic mass is 10.0. The number of rotatable bonds is 8. The summed E-state index contributed by atoms with van der Waals surface area (Å²) in [6.07, 6.45) is 1.81. The topological polar surface area (TPSA) is 69.8 Å². The molecule has 0 saturated carbocycles. The molecule has 28 heavy (non-hydrogen) atoms. The quantitative estimate of drug-likeness (QED) is 0.588. The maximum absolute atomic E-state index is 13.0. The minimum atomic E-state index is -0.170. The largest absolute Gasteiger partial charge is 0.494 e. The molecule has 2 aromatic carbocycles. The summed E-state index contributed by atoms with van der Waals surface area (Å²) in [7, 11) is 4.56. The molecule has 3 aromatic rings. The van der Waals surface area contributed by atoms with E-state index in [9.17, 15) is 4.79 Å². The Bertz CT molecular complexity index is 934. The molecule has 1 aromatic heterocycles. The van der Waals surface area contributed by atoms with Crippen molar-refractivity contribution in [1.29, 1.82) is 0 Å². The van der Waals surface area contributed by atoms with Gasteiger partial charge in [0.05, 0.1) is 33.6 Å². The van der Waals surface area contributed by atoms with E-state index in [0.29, 0.717) is 35.1 Å². The molecule has 0 unspecified atom stereocenters. The fourth-order valence-corrected chi connectivity index (χ4v) is 2.97. The minimum absolute atomic E-state index is 0.170. The van der Waals surface area contributed by atoms with E-state index in [1.54, 1.807) is 18.3 Å². The predicted molar refractivity (Wildman–Crippen MR) is 107 cm³/mol. The van der Waals surface area contributed by atoms with Crippen molar-refractivity contribution in [2.75, 3.05) is 27.9 Å². The van der Waals surface area contributed by atoms with Gasteiger partial charge in [0, 0.05) is 11.8 Å². The molecule has 1 heterocycles. The summed E-state index contributed by atoms with van der Waals surface area (Å²) in [5, 5.41) is 0. The second kappa shape index (κ2) is 8.52. The molecule has 3 rings (SSSR count). The zero-order valence-electron chi connectivity index (χ0n) is 16.4. The fraction of sp³-hybridized carbons (Fsp3) is 0.227. The van der Waals surface area contributed by atoms with Gasteiger partial charge in [0.1, 0.15) is 5.75 Å². The number of aromatic amines is 1. The van der Waals surface area contributed by atoms with E-state index in [4.69, 9.17) is 18.9 Å². The molecule has 0 fully saturated rings. The summed E-state index contributed by atoms with van der Waals surface area (Å²) in [5.41, 5.74) is 2.82. The van der Waals surface area contributed by atoms with Crippen LogP contribution in [0.4, 0.5) is 0 Å². The van der Waals surface area contributed by atoms with Crippen LogP contribution in [0, 0.1) is 0 Å². The van der Waals surface area contributed by atoms with Gasteiger partial charge in [0.2, 0.25) is 11.5 Å². The lowest BCUT2D eigenvalue weighted by molar-refractivity contribution is 0.103. The summed E-state index contributed by atoms with van der Waals surface area (Å²) >= 11 is 0. The number of ether oxygens (including phenoxy) is 4. The summed E-state index contributed by atoms with van der Waals surface area (Å²) in [6, 6.07) is 12.8. The highest BCUT2D eigenvalue weighted by Gasteiger charge is 2.19. The van der Waals surface area contributed by atoms with Crippen molar-refractivity contribution in [2.45, 2.75) is 6.92 Å². The molecule has 0 radical (unpaired) electrons. The number of aromatic nitrogens is 1. The Balaban J connectivity index is 1.90. The van der Waals surface area contributed by atoms with Crippen LogP contribution in [0.25, 0.3) is 11.1 Å². The molecular formula is C22H23NO5. The molecule has 0 aliphatic heterocycles. The third kappa shape index (κ3) is 3.81. The predicted octanol–water partition coefficient (Wildman–Crippen LogP) is 4.34. The number of methoxy groups -OCH3 is 3. The van der Waals surface area contributed by atoms with E-state index >= 15 is 0 Å². The number of nitrogens with one attached hydrogen (secondary N) is 1. The molecule has 0 atom stereocenters. The second-order valence-corrected chi connectivity index (χ2v) is 6.00. The van der Waals surface area contributed by atoms with Gasteiger partial charge >= 0.3 is 0 Å². The smallest absolute Gasteiger partial charge is 0.209 e. The van der Waals surface area contributed by atoms with Crippen LogP contribution in [0.3, 0.4) is 0 Å². The van der Waals surface area contributed by atoms with Crippen LogP contribution in [0.15, 0.2) is 48.7 Å². The summed E-state index contributed by atoms with van der Waals surface area (Å²) in [5.74, 6) is 1.96. The van der Waals surface area contributed by atoms with Crippen LogP contribution in [-0.4, -0.2) is 38.7 Å². The monoisotopic (exact) mass is 381 g/mol. The van der Waals surface area contributed by atoms with Gasteiger partial charge in [-0.2, -0.15) is 0 Å². The van der Waals surface area contributed by atoms with Crippen LogP contribution < -0.4 is 18.9 Å². The average molecular weight is 381 g/mol. The number of H-pyrrole nitrogens is 1. The van der Waals surface area contributed by atoms with E-state index in [2.05, 4.69) is 4.98 Å². The van der Waals surface area contributed by atoms with Crippen LogP contribution in [0.5, 0.6) is 23.0 Å². The van der Waals surface area contributed by atoms with Gasteiger partial charge in [-0.3, -0.25) is 4.79 Å². The molecule has 6 heteroatoms. The molecular weight excluding hydrogens is 358 g/mol. The highest BCUT2D eigenvalue weighted by atomic mass is 16.5. The lowest BCUT2D eigenvalue weighted by Gasteiger charge is -2.13. The third-order valence-electron chi connectivity index (χ3n) is 4.35. The Labute approximate surface area is 164 Å². The first-order valence-corrected chi connectivity index (χ1v) is 8.87. The van der Waals surface area contributed by atoms with Gasteiger partial charge < -0.3 is 23.9 Å². The lowest BCUT2D eigenvalue weighted by Crippen LogP contribution is -2.04. The van der Waals surface area contributed by atoms with Crippen LogP contribution in [0.2, 0.25) is 0 Å². The van der Waals surface area contributed by atoms with E-state index in [-0.39, 0.29) is 5.78 Å². The van der Waals surface area contributed by atoms with Crippen molar-refractivity contribution in [3.8, 4) is 34.1 Å². The first kappa shape index (κ1) is 19.4. The van der Waals surface area contributed by atoms with E-state index < -0.39 is 0 Å². The Morgan fingerprint density at radius 3 is 2.07 bits per heavy atom. The molecule has 0 aliphatic rings. The maximum atomic E-state index is 13.0. The molecule has 6 nitrogen and oxygen atoms in total. The van der Waals surface area contributed by atoms with Gasteiger partial charge in [-0.1, -0.05) is 12.1 Å². The molecule has 0 bridgehead atoms. The standard InChI is InChI=1S/C22H23NO5/c1-5-28-17-8-6-14(7-9-17)16-10-18(23-13-16)21(24)15-11-19(25-2)22(27-4)20(12-15)26-3/h6-13,23H,5H2,1-4H3. The van der Waals surface area contributed by atoms with Gasteiger partial charge in [0.25, 0.3) is 0 Å². The molecule has 0 aliphatic carbocycles. The van der Waals surface area contributed by atoms with Crippen molar-refractivity contribution in [1.82, 2.24) is 4.98 Å². The Hall–Kier alpha value is -3.41. The van der Waals surface area contributed by atoms with Crippen molar-refractivity contribution in [2.24, 2.45) is 0 Å². The molecule has 0 spiro atoms. The number of carbonyl (C=O) groups is 1. The van der Waals surface area contributed by atoms with E-state index in [1.165, 1.54) is 21.3 Å². The number of ketones is 1. The summed E-state index contributed by atoms with van der Waals surface area (Å²) in [4.78, 5) is 16.0. The normalized spacial score (nSPS) is 10.4. The highest BCUT2D eigenvalue weighted by molar-refractivity contribution is 6.09. The van der Waals surface area contributed by atoms with Crippen LogP contribution in [-0.2, 0) is 0 Å². The average Bonchev–Trinajstić information content (AvgIpc) is 3.23. The number of hydrogen-bond donors (Lipinski definition) is 1. The van der Waals surface area contributed by atoms with Gasteiger partial charge in [-0.05, 0) is 48.4 Å². The molecule has 146 valence electrons. The van der Waals surface area contributed by atoms with Crippen molar-refractivity contribution in [3.63, 3.8) is 0 Å². The maximum Gasteiger partial charge on any atom is 0.209 e. The van der Waals surface area contributed by atoms with Crippen molar-refractivity contribution in [3.05, 3.63) is 59.9 Å². The van der Waals surface area contributed by atoms with Crippen molar-refractivity contribution < 1.29 is 23.7 Å². The Morgan fingerprint density at radius 1 is 0.893 bits per heavy atom.